The Morgan fingerprint density at radius 3 is 1.67 bits per heavy atom. The molecule has 86 valence electrons. The maximum absolute atomic E-state index is 11.0. The van der Waals surface area contributed by atoms with E-state index in [0.717, 1.165) is 25.7 Å². The fourth-order valence-corrected chi connectivity index (χ4v) is 1.23. The van der Waals surface area contributed by atoms with Gasteiger partial charge >= 0.3 is 11.9 Å². The molecule has 0 N–H and O–H groups in total. The van der Waals surface area contributed by atoms with E-state index >= 15 is 0 Å². The van der Waals surface area contributed by atoms with E-state index in [1.165, 1.54) is 0 Å². The molecule has 1 saturated heterocycles. The summed E-state index contributed by atoms with van der Waals surface area (Å²) in [5.41, 5.74) is 0. The number of esters is 2. The first-order valence-corrected chi connectivity index (χ1v) is 5.18. The van der Waals surface area contributed by atoms with E-state index in [1.807, 2.05) is 0 Å². The number of hydrogen-bond donors (Lipinski definition) is 0. The zero-order valence-corrected chi connectivity index (χ0v) is 8.70. The predicted molar refractivity (Wildman–Crippen MR) is 51.2 cm³/mol. The van der Waals surface area contributed by atoms with Crippen molar-refractivity contribution in [2.45, 2.75) is 25.7 Å². The average Bonchev–Trinajstić information content (AvgIpc) is 2.22. The number of ether oxygens (including phenoxy) is 3. The zero-order chi connectivity index (χ0) is 10.9. The summed E-state index contributed by atoms with van der Waals surface area (Å²) in [7, 11) is 0. The van der Waals surface area contributed by atoms with E-state index < -0.39 is 11.9 Å². The Balaban J connectivity index is 2.27. The summed E-state index contributed by atoms with van der Waals surface area (Å²) in [5, 5.41) is 0. The summed E-state index contributed by atoms with van der Waals surface area (Å²) in [4.78, 5) is 22.0. The third-order valence-electron chi connectivity index (χ3n) is 2.00. The van der Waals surface area contributed by atoms with Gasteiger partial charge in [-0.25, -0.2) is 9.59 Å². The minimum atomic E-state index is -0.429. The molecule has 0 aromatic rings. The highest BCUT2D eigenvalue weighted by Crippen LogP contribution is 2.01. The molecule has 0 saturated carbocycles. The first-order chi connectivity index (χ1) is 7.29. The van der Waals surface area contributed by atoms with Crippen LogP contribution >= 0.6 is 0 Å². The lowest BCUT2D eigenvalue weighted by Crippen LogP contribution is -2.18. The maximum Gasteiger partial charge on any atom is 0.332 e. The highest BCUT2D eigenvalue weighted by Gasteiger charge is 2.08. The van der Waals surface area contributed by atoms with Crippen LogP contribution in [0.5, 0.6) is 0 Å². The molecule has 1 fully saturated rings. The zero-order valence-electron chi connectivity index (χ0n) is 8.70. The normalized spacial score (nSPS) is 21.6. The van der Waals surface area contributed by atoms with Gasteiger partial charge in [0.1, 0.15) is 13.2 Å². The van der Waals surface area contributed by atoms with Gasteiger partial charge in [0, 0.05) is 0 Å². The van der Waals surface area contributed by atoms with Gasteiger partial charge in [0.15, 0.2) is 0 Å². The van der Waals surface area contributed by atoms with Crippen LogP contribution < -0.4 is 0 Å². The summed E-state index contributed by atoms with van der Waals surface area (Å²) < 4.78 is 14.6. The first-order valence-electron chi connectivity index (χ1n) is 5.18. The Morgan fingerprint density at radius 1 is 0.733 bits per heavy atom. The van der Waals surface area contributed by atoms with Gasteiger partial charge in [-0.3, -0.25) is 0 Å². The van der Waals surface area contributed by atoms with Gasteiger partial charge in [-0.2, -0.15) is 0 Å². The minimum Gasteiger partial charge on any atom is -0.464 e. The quantitative estimate of drug-likeness (QED) is 0.557. The molecule has 0 aliphatic carbocycles. The molecule has 5 nitrogen and oxygen atoms in total. The molecular formula is C10H16O5. The van der Waals surface area contributed by atoms with Crippen molar-refractivity contribution in [2.75, 3.05) is 26.4 Å². The van der Waals surface area contributed by atoms with Crippen LogP contribution in [-0.2, 0) is 23.8 Å². The van der Waals surface area contributed by atoms with E-state index in [2.05, 4.69) is 0 Å². The van der Waals surface area contributed by atoms with Gasteiger partial charge in [-0.15, -0.1) is 0 Å². The second-order valence-corrected chi connectivity index (χ2v) is 3.35. The van der Waals surface area contributed by atoms with Crippen LogP contribution in [0.4, 0.5) is 0 Å². The van der Waals surface area contributed by atoms with Crippen molar-refractivity contribution in [3.63, 3.8) is 0 Å². The lowest BCUT2D eigenvalue weighted by molar-refractivity contribution is -0.155. The molecule has 1 rings (SSSR count). The summed E-state index contributed by atoms with van der Waals surface area (Å²) in [6.07, 6.45) is 3.65. The Hall–Kier alpha value is -1.10. The number of cyclic esters (lactones) is 2. The van der Waals surface area contributed by atoms with E-state index in [1.54, 1.807) is 0 Å². The van der Waals surface area contributed by atoms with Crippen LogP contribution in [-0.4, -0.2) is 38.4 Å². The molecule has 1 aliphatic heterocycles. The summed E-state index contributed by atoms with van der Waals surface area (Å²) in [5.74, 6) is -0.857. The standard InChI is InChI=1S/C10H16O5/c11-9-7-13-8-10(12)15-6-4-2-1-3-5-14-9/h1-8H2. The highest BCUT2D eigenvalue weighted by atomic mass is 16.6. The lowest BCUT2D eigenvalue weighted by Gasteiger charge is -2.04. The van der Waals surface area contributed by atoms with Crippen molar-refractivity contribution < 1.29 is 23.8 Å². The molecule has 1 heterocycles. The number of carbonyl (C=O) groups excluding carboxylic acids is 2. The molecule has 15 heavy (non-hydrogen) atoms. The van der Waals surface area contributed by atoms with Gasteiger partial charge in [0.05, 0.1) is 13.2 Å². The summed E-state index contributed by atoms with van der Waals surface area (Å²) >= 11 is 0. The maximum atomic E-state index is 11.0. The molecule has 0 atom stereocenters. The number of carbonyl (C=O) groups is 2. The average molecular weight is 216 g/mol. The molecule has 0 spiro atoms. The van der Waals surface area contributed by atoms with E-state index in [0.29, 0.717) is 13.2 Å². The van der Waals surface area contributed by atoms with E-state index in [-0.39, 0.29) is 13.2 Å². The minimum absolute atomic E-state index is 0.185. The fraction of sp³-hybridized carbons (Fsp3) is 0.800. The molecular weight excluding hydrogens is 200 g/mol. The monoisotopic (exact) mass is 216 g/mol. The molecule has 1 aliphatic rings. The number of hydrogen-bond acceptors (Lipinski definition) is 5. The fourth-order valence-electron chi connectivity index (χ4n) is 1.23. The van der Waals surface area contributed by atoms with Crippen molar-refractivity contribution in [1.29, 1.82) is 0 Å². The smallest absolute Gasteiger partial charge is 0.332 e. The Kier molecular flexibility index (Phi) is 5.77. The van der Waals surface area contributed by atoms with E-state index in [4.69, 9.17) is 14.2 Å². The van der Waals surface area contributed by atoms with Crippen LogP contribution in [0.2, 0.25) is 0 Å². The second-order valence-electron chi connectivity index (χ2n) is 3.35. The Bertz CT molecular complexity index is 192. The largest absolute Gasteiger partial charge is 0.464 e. The third kappa shape index (κ3) is 6.06. The van der Waals surface area contributed by atoms with Crippen molar-refractivity contribution in [1.82, 2.24) is 0 Å². The lowest BCUT2D eigenvalue weighted by atomic mass is 10.2. The van der Waals surface area contributed by atoms with E-state index in [9.17, 15) is 9.59 Å². The van der Waals surface area contributed by atoms with Crippen molar-refractivity contribution in [3.05, 3.63) is 0 Å². The van der Waals surface area contributed by atoms with Crippen LogP contribution in [0.1, 0.15) is 25.7 Å². The molecule has 0 radical (unpaired) electrons. The first kappa shape index (κ1) is 12.0. The van der Waals surface area contributed by atoms with Gasteiger partial charge in [-0.05, 0) is 25.7 Å². The van der Waals surface area contributed by atoms with Gasteiger partial charge in [-0.1, -0.05) is 0 Å². The molecule has 0 bridgehead atoms. The van der Waals surface area contributed by atoms with Crippen molar-refractivity contribution >= 4 is 11.9 Å². The van der Waals surface area contributed by atoms with Crippen LogP contribution in [0.15, 0.2) is 0 Å². The summed E-state index contributed by atoms with van der Waals surface area (Å²) in [6.45, 7) is 0.484. The summed E-state index contributed by atoms with van der Waals surface area (Å²) in [6, 6.07) is 0. The molecule has 0 unspecified atom stereocenters. The second kappa shape index (κ2) is 7.23. The number of rotatable bonds is 0. The van der Waals surface area contributed by atoms with Crippen LogP contribution in [0, 0.1) is 0 Å². The molecule has 0 aromatic carbocycles. The highest BCUT2D eigenvalue weighted by molar-refractivity contribution is 5.73. The topological polar surface area (TPSA) is 61.8 Å². The Morgan fingerprint density at radius 2 is 1.20 bits per heavy atom. The van der Waals surface area contributed by atoms with Crippen molar-refractivity contribution in [3.8, 4) is 0 Å². The molecule has 0 aromatic heterocycles. The van der Waals surface area contributed by atoms with Crippen molar-refractivity contribution in [2.24, 2.45) is 0 Å². The molecule has 0 amide bonds. The van der Waals surface area contributed by atoms with Gasteiger partial charge in [0.2, 0.25) is 0 Å². The third-order valence-corrected chi connectivity index (χ3v) is 2.00. The molecule has 5 heteroatoms. The van der Waals surface area contributed by atoms with Gasteiger partial charge in [0.25, 0.3) is 0 Å². The van der Waals surface area contributed by atoms with Crippen LogP contribution in [0.25, 0.3) is 0 Å². The van der Waals surface area contributed by atoms with Gasteiger partial charge < -0.3 is 14.2 Å². The predicted octanol–water partition coefficient (Wildman–Crippen LogP) is 0.663. The van der Waals surface area contributed by atoms with Crippen LogP contribution in [0.3, 0.4) is 0 Å². The Labute approximate surface area is 88.7 Å². The SMILES string of the molecule is O=C1COCC(=O)OCCCCCCO1.